The highest BCUT2D eigenvalue weighted by Gasteiger charge is 2.02. The molecule has 2 aromatic carbocycles. The molecule has 0 aliphatic rings. The number of benzene rings is 2. The van der Waals surface area contributed by atoms with E-state index in [0.29, 0.717) is 5.57 Å². The molecule has 0 aromatic heterocycles. The normalized spacial score (nSPS) is 9.74. The molecule has 0 fully saturated rings. The fraction of sp³-hybridized carbons (Fsp3) is 0.0625. The first kappa shape index (κ1) is 12.9. The summed E-state index contributed by atoms with van der Waals surface area (Å²) in [4.78, 5) is 11.5. The van der Waals surface area contributed by atoms with E-state index in [9.17, 15) is 4.79 Å². The van der Waals surface area contributed by atoms with Crippen LogP contribution >= 0.6 is 0 Å². The van der Waals surface area contributed by atoms with E-state index < -0.39 is 0 Å². The largest absolute Gasteiger partial charge is 0.356 e. The van der Waals surface area contributed by atoms with E-state index in [4.69, 9.17) is 0 Å². The quantitative estimate of drug-likeness (QED) is 0.809. The maximum Gasteiger partial charge on any atom is 0.250 e. The van der Waals surface area contributed by atoms with E-state index in [0.717, 1.165) is 17.1 Å². The minimum absolute atomic E-state index is 0.163. The Labute approximate surface area is 113 Å². The van der Waals surface area contributed by atoms with Crippen LogP contribution in [0.1, 0.15) is 6.92 Å². The van der Waals surface area contributed by atoms with Gasteiger partial charge in [-0.3, -0.25) is 4.79 Å². The molecule has 0 atom stereocenters. The first-order chi connectivity index (χ1) is 9.15. The molecule has 3 nitrogen and oxygen atoms in total. The molecular weight excluding hydrogens is 236 g/mol. The molecule has 1 amide bonds. The monoisotopic (exact) mass is 252 g/mol. The minimum atomic E-state index is -0.163. The van der Waals surface area contributed by atoms with Gasteiger partial charge in [0.25, 0.3) is 5.91 Å². The smallest absolute Gasteiger partial charge is 0.250 e. The molecular formula is C16H16N2O. The number of amides is 1. The number of para-hydroxylation sites is 1. The van der Waals surface area contributed by atoms with Gasteiger partial charge in [0, 0.05) is 22.6 Å². The van der Waals surface area contributed by atoms with Crippen LogP contribution in [0.15, 0.2) is 66.7 Å². The van der Waals surface area contributed by atoms with E-state index in [1.165, 1.54) is 0 Å². The Morgan fingerprint density at radius 3 is 2.00 bits per heavy atom. The average Bonchev–Trinajstić information content (AvgIpc) is 2.42. The summed E-state index contributed by atoms with van der Waals surface area (Å²) in [7, 11) is 0. The number of anilines is 3. The van der Waals surface area contributed by atoms with Gasteiger partial charge in [0.1, 0.15) is 0 Å². The molecule has 0 heterocycles. The lowest BCUT2D eigenvalue weighted by Crippen LogP contribution is -2.11. The molecule has 0 radical (unpaired) electrons. The van der Waals surface area contributed by atoms with E-state index in [1.54, 1.807) is 6.92 Å². The average molecular weight is 252 g/mol. The second kappa shape index (κ2) is 5.87. The van der Waals surface area contributed by atoms with Crippen molar-refractivity contribution in [1.82, 2.24) is 0 Å². The minimum Gasteiger partial charge on any atom is -0.356 e. The zero-order chi connectivity index (χ0) is 13.7. The van der Waals surface area contributed by atoms with Crippen LogP contribution in [0.4, 0.5) is 17.1 Å². The van der Waals surface area contributed by atoms with Gasteiger partial charge < -0.3 is 10.6 Å². The number of rotatable bonds is 4. The van der Waals surface area contributed by atoms with Crippen molar-refractivity contribution in [3.63, 3.8) is 0 Å². The molecule has 0 unspecified atom stereocenters. The third-order valence-corrected chi connectivity index (χ3v) is 2.59. The summed E-state index contributed by atoms with van der Waals surface area (Å²) in [5.74, 6) is -0.163. The Morgan fingerprint density at radius 1 is 0.895 bits per heavy atom. The highest BCUT2D eigenvalue weighted by molar-refractivity contribution is 6.02. The summed E-state index contributed by atoms with van der Waals surface area (Å²) in [6, 6.07) is 17.5. The van der Waals surface area contributed by atoms with Crippen LogP contribution in [0.5, 0.6) is 0 Å². The van der Waals surface area contributed by atoms with Crippen molar-refractivity contribution in [1.29, 1.82) is 0 Å². The van der Waals surface area contributed by atoms with E-state index in [1.807, 2.05) is 54.6 Å². The molecule has 0 saturated heterocycles. The summed E-state index contributed by atoms with van der Waals surface area (Å²) >= 11 is 0. The predicted octanol–water partition coefficient (Wildman–Crippen LogP) is 3.94. The Morgan fingerprint density at radius 2 is 1.42 bits per heavy atom. The van der Waals surface area contributed by atoms with Crippen molar-refractivity contribution in [3.05, 3.63) is 66.7 Å². The lowest BCUT2D eigenvalue weighted by molar-refractivity contribution is -0.112. The number of nitrogens with one attached hydrogen (secondary N) is 2. The molecule has 19 heavy (non-hydrogen) atoms. The standard InChI is InChI=1S/C16H16N2O/c1-12(2)16(19)18-15-10-8-14(9-11-15)17-13-6-4-3-5-7-13/h3-11,17H,1H2,2H3,(H,18,19). The molecule has 0 saturated carbocycles. The Hall–Kier alpha value is -2.55. The Bertz CT molecular complexity index is 573. The van der Waals surface area contributed by atoms with Crippen LogP contribution in [0, 0.1) is 0 Å². The Kier molecular flexibility index (Phi) is 3.98. The summed E-state index contributed by atoms with van der Waals surface area (Å²) in [6.07, 6.45) is 0. The van der Waals surface area contributed by atoms with E-state index in [-0.39, 0.29) is 5.91 Å². The fourth-order valence-electron chi connectivity index (χ4n) is 1.56. The SMILES string of the molecule is C=C(C)C(=O)Nc1ccc(Nc2ccccc2)cc1. The van der Waals surface area contributed by atoms with Crippen molar-refractivity contribution in [3.8, 4) is 0 Å². The predicted molar refractivity (Wildman–Crippen MR) is 79.6 cm³/mol. The van der Waals surface area contributed by atoms with E-state index >= 15 is 0 Å². The van der Waals surface area contributed by atoms with Crippen molar-refractivity contribution < 1.29 is 4.79 Å². The van der Waals surface area contributed by atoms with Gasteiger partial charge in [0.2, 0.25) is 0 Å². The molecule has 0 spiro atoms. The first-order valence-corrected chi connectivity index (χ1v) is 6.04. The lowest BCUT2D eigenvalue weighted by Gasteiger charge is -2.08. The van der Waals surface area contributed by atoms with Gasteiger partial charge in [-0.25, -0.2) is 0 Å². The highest BCUT2D eigenvalue weighted by Crippen LogP contribution is 2.18. The summed E-state index contributed by atoms with van der Waals surface area (Å²) in [5.41, 5.74) is 3.25. The van der Waals surface area contributed by atoms with Gasteiger partial charge in [0.05, 0.1) is 0 Å². The van der Waals surface area contributed by atoms with E-state index in [2.05, 4.69) is 17.2 Å². The fourth-order valence-corrected chi connectivity index (χ4v) is 1.56. The number of hydrogen-bond acceptors (Lipinski definition) is 2. The number of hydrogen-bond donors (Lipinski definition) is 2. The second-order valence-corrected chi connectivity index (χ2v) is 4.30. The van der Waals surface area contributed by atoms with Crippen molar-refractivity contribution >= 4 is 23.0 Å². The summed E-state index contributed by atoms with van der Waals surface area (Å²) in [5, 5.41) is 6.04. The van der Waals surface area contributed by atoms with Crippen molar-refractivity contribution in [2.24, 2.45) is 0 Å². The number of carbonyl (C=O) groups excluding carboxylic acids is 1. The summed E-state index contributed by atoms with van der Waals surface area (Å²) < 4.78 is 0. The van der Waals surface area contributed by atoms with Crippen LogP contribution in [0.25, 0.3) is 0 Å². The van der Waals surface area contributed by atoms with Gasteiger partial charge in [-0.15, -0.1) is 0 Å². The third-order valence-electron chi connectivity index (χ3n) is 2.59. The maximum absolute atomic E-state index is 11.5. The topological polar surface area (TPSA) is 41.1 Å². The van der Waals surface area contributed by atoms with Gasteiger partial charge in [-0.2, -0.15) is 0 Å². The third kappa shape index (κ3) is 3.71. The van der Waals surface area contributed by atoms with Crippen molar-refractivity contribution in [2.75, 3.05) is 10.6 Å². The molecule has 3 heteroatoms. The van der Waals surface area contributed by atoms with Gasteiger partial charge in [0.15, 0.2) is 0 Å². The molecule has 0 bridgehead atoms. The number of carbonyl (C=O) groups is 1. The van der Waals surface area contributed by atoms with Gasteiger partial charge >= 0.3 is 0 Å². The summed E-state index contributed by atoms with van der Waals surface area (Å²) in [6.45, 7) is 5.28. The Balaban J connectivity index is 2.03. The second-order valence-electron chi connectivity index (χ2n) is 4.30. The zero-order valence-electron chi connectivity index (χ0n) is 10.8. The molecule has 2 N–H and O–H groups in total. The molecule has 2 rings (SSSR count). The molecule has 2 aromatic rings. The van der Waals surface area contributed by atoms with Crippen molar-refractivity contribution in [2.45, 2.75) is 6.92 Å². The van der Waals surface area contributed by atoms with Crippen LogP contribution in [0.2, 0.25) is 0 Å². The first-order valence-electron chi connectivity index (χ1n) is 6.04. The van der Waals surface area contributed by atoms with Crippen LogP contribution in [-0.4, -0.2) is 5.91 Å². The van der Waals surface area contributed by atoms with Crippen LogP contribution in [0.3, 0.4) is 0 Å². The molecule has 96 valence electrons. The van der Waals surface area contributed by atoms with Crippen LogP contribution in [-0.2, 0) is 4.79 Å². The van der Waals surface area contributed by atoms with Crippen LogP contribution < -0.4 is 10.6 Å². The zero-order valence-corrected chi connectivity index (χ0v) is 10.8. The van der Waals surface area contributed by atoms with Gasteiger partial charge in [-0.05, 0) is 43.3 Å². The maximum atomic E-state index is 11.5. The lowest BCUT2D eigenvalue weighted by atomic mass is 10.2. The van der Waals surface area contributed by atoms with Gasteiger partial charge in [-0.1, -0.05) is 24.8 Å². The molecule has 0 aliphatic heterocycles. The highest BCUT2D eigenvalue weighted by atomic mass is 16.1. The molecule has 0 aliphatic carbocycles.